The quantitative estimate of drug-likeness (QED) is 0.187. The normalized spacial score (nSPS) is 19.2. The van der Waals surface area contributed by atoms with E-state index in [0.717, 1.165) is 32.8 Å². The standard InChI is InChI=1S/C29H29Cl3N2O5S/c1-18(36)34-23-10-12-25(13-11-23)40-17-24-14-26(21-6-4-20(16-35)5-7-21)39-27(38-24)22-8-2-19(3-9-22)15-33-28(37)29(30,31)32/h2-13,24,26-27,35H,14-17H2,1H3,(H,33,37)(H,34,36). The van der Waals surface area contributed by atoms with Crippen LogP contribution in [0.3, 0.4) is 0 Å². The Morgan fingerprint density at radius 2 is 1.55 bits per heavy atom. The Balaban J connectivity index is 1.45. The molecule has 3 aromatic carbocycles. The first-order valence-corrected chi connectivity index (χ1v) is 14.7. The molecule has 11 heteroatoms. The van der Waals surface area contributed by atoms with Crippen molar-refractivity contribution >= 4 is 64.1 Å². The number of carbonyl (C=O) groups is 2. The van der Waals surface area contributed by atoms with E-state index >= 15 is 0 Å². The molecule has 212 valence electrons. The van der Waals surface area contributed by atoms with Crippen LogP contribution >= 0.6 is 46.6 Å². The lowest BCUT2D eigenvalue weighted by atomic mass is 10.0. The second-order valence-corrected chi connectivity index (χ2v) is 12.7. The van der Waals surface area contributed by atoms with Crippen molar-refractivity contribution in [1.82, 2.24) is 5.32 Å². The smallest absolute Gasteiger partial charge is 0.272 e. The molecule has 7 nitrogen and oxygen atoms in total. The van der Waals surface area contributed by atoms with Gasteiger partial charge in [0, 0.05) is 41.8 Å². The highest BCUT2D eigenvalue weighted by Crippen LogP contribution is 2.39. The van der Waals surface area contributed by atoms with Gasteiger partial charge in [-0.1, -0.05) is 83.3 Å². The number of hydrogen-bond donors (Lipinski definition) is 3. The maximum Gasteiger partial charge on any atom is 0.272 e. The number of benzene rings is 3. The van der Waals surface area contributed by atoms with Gasteiger partial charge in [0.05, 0.1) is 18.8 Å². The number of anilines is 1. The Labute approximate surface area is 252 Å². The van der Waals surface area contributed by atoms with Gasteiger partial charge in [-0.3, -0.25) is 9.59 Å². The van der Waals surface area contributed by atoms with E-state index in [-0.39, 0.29) is 31.3 Å². The van der Waals surface area contributed by atoms with Crippen LogP contribution in [0, 0.1) is 0 Å². The average Bonchev–Trinajstić information content (AvgIpc) is 2.95. The minimum Gasteiger partial charge on any atom is -0.392 e. The van der Waals surface area contributed by atoms with Gasteiger partial charge < -0.3 is 25.2 Å². The molecule has 4 rings (SSSR count). The molecule has 1 saturated heterocycles. The van der Waals surface area contributed by atoms with Crippen LogP contribution in [0.15, 0.2) is 77.7 Å². The summed E-state index contributed by atoms with van der Waals surface area (Å²) in [7, 11) is 0. The van der Waals surface area contributed by atoms with E-state index in [0.29, 0.717) is 12.2 Å². The van der Waals surface area contributed by atoms with Crippen molar-refractivity contribution in [2.75, 3.05) is 11.1 Å². The molecule has 0 saturated carbocycles. The Kier molecular flexibility index (Phi) is 10.8. The van der Waals surface area contributed by atoms with Crippen LogP contribution < -0.4 is 10.6 Å². The van der Waals surface area contributed by atoms with Gasteiger partial charge in [-0.05, 0) is 41.0 Å². The number of nitrogens with one attached hydrogen (secondary N) is 2. The number of carbonyl (C=O) groups excluding carboxylic acids is 2. The largest absolute Gasteiger partial charge is 0.392 e. The van der Waals surface area contributed by atoms with Crippen LogP contribution in [0.2, 0.25) is 0 Å². The van der Waals surface area contributed by atoms with Gasteiger partial charge in [0.2, 0.25) is 5.91 Å². The summed E-state index contributed by atoms with van der Waals surface area (Å²) in [4.78, 5) is 24.2. The summed E-state index contributed by atoms with van der Waals surface area (Å²) in [6.45, 7) is 1.67. The van der Waals surface area contributed by atoms with Crippen LogP contribution in [-0.4, -0.2) is 32.6 Å². The molecule has 3 atom stereocenters. The summed E-state index contributed by atoms with van der Waals surface area (Å²) in [6.07, 6.45) is -0.256. The van der Waals surface area contributed by atoms with Gasteiger partial charge in [0.15, 0.2) is 6.29 Å². The van der Waals surface area contributed by atoms with Crippen molar-refractivity contribution < 1.29 is 24.2 Å². The fourth-order valence-corrected chi connectivity index (χ4v) is 5.25. The topological polar surface area (TPSA) is 96.9 Å². The third-order valence-corrected chi connectivity index (χ3v) is 7.85. The minimum atomic E-state index is -2.02. The highest BCUT2D eigenvalue weighted by molar-refractivity contribution is 7.99. The highest BCUT2D eigenvalue weighted by atomic mass is 35.6. The maximum atomic E-state index is 11.8. The number of halogens is 3. The number of alkyl halides is 3. The van der Waals surface area contributed by atoms with E-state index in [1.54, 1.807) is 11.8 Å². The number of thioether (sulfide) groups is 1. The summed E-state index contributed by atoms with van der Waals surface area (Å²) < 4.78 is 10.8. The fraction of sp³-hybridized carbons (Fsp3) is 0.310. The molecule has 1 aliphatic heterocycles. The summed E-state index contributed by atoms with van der Waals surface area (Å²) in [5.74, 6) is -0.104. The van der Waals surface area contributed by atoms with Gasteiger partial charge in [-0.2, -0.15) is 0 Å². The highest BCUT2D eigenvalue weighted by Gasteiger charge is 2.33. The number of ether oxygens (including phenoxy) is 2. The molecule has 0 aliphatic carbocycles. The van der Waals surface area contributed by atoms with Crippen molar-refractivity contribution in [3.8, 4) is 0 Å². The summed E-state index contributed by atoms with van der Waals surface area (Å²) in [5.41, 5.74) is 4.25. The van der Waals surface area contributed by atoms with Crippen molar-refractivity contribution in [2.45, 2.75) is 53.7 Å². The van der Waals surface area contributed by atoms with Crippen LogP contribution in [0.4, 0.5) is 5.69 Å². The van der Waals surface area contributed by atoms with E-state index in [2.05, 4.69) is 10.6 Å². The molecule has 0 bridgehead atoms. The van der Waals surface area contributed by atoms with E-state index in [1.807, 2.05) is 72.8 Å². The van der Waals surface area contributed by atoms with Crippen molar-refractivity contribution in [2.24, 2.45) is 0 Å². The van der Waals surface area contributed by atoms with Crippen LogP contribution in [0.25, 0.3) is 0 Å². The second kappa shape index (κ2) is 14.0. The zero-order valence-electron chi connectivity index (χ0n) is 21.6. The fourth-order valence-electron chi connectivity index (χ4n) is 4.12. The zero-order chi connectivity index (χ0) is 28.7. The lowest BCUT2D eigenvalue weighted by molar-refractivity contribution is -0.245. The van der Waals surface area contributed by atoms with Crippen molar-refractivity contribution in [1.29, 1.82) is 0 Å². The summed E-state index contributed by atoms with van der Waals surface area (Å²) >= 11 is 18.5. The van der Waals surface area contributed by atoms with Gasteiger partial charge in [-0.25, -0.2) is 0 Å². The number of aliphatic hydroxyl groups excluding tert-OH is 1. The lowest BCUT2D eigenvalue weighted by Crippen LogP contribution is -2.34. The molecule has 3 aromatic rings. The van der Waals surface area contributed by atoms with Gasteiger partial charge >= 0.3 is 0 Å². The molecule has 1 fully saturated rings. The Hall–Kier alpha value is -2.30. The monoisotopic (exact) mass is 622 g/mol. The summed E-state index contributed by atoms with van der Waals surface area (Å²) in [5, 5.41) is 14.8. The molecule has 1 heterocycles. The molecule has 0 spiro atoms. The molecule has 3 unspecified atom stereocenters. The number of aliphatic hydroxyl groups is 1. The first-order valence-electron chi connectivity index (χ1n) is 12.6. The molecule has 0 radical (unpaired) electrons. The molecule has 3 N–H and O–H groups in total. The minimum absolute atomic E-state index is 0.0218. The number of rotatable bonds is 9. The SMILES string of the molecule is CC(=O)Nc1ccc(SCC2CC(c3ccc(CO)cc3)OC(c3ccc(CNC(=O)C(Cl)(Cl)Cl)cc3)O2)cc1. The molecular weight excluding hydrogens is 595 g/mol. The molecular formula is C29H29Cl3N2O5S. The maximum absolute atomic E-state index is 11.8. The van der Waals surface area contributed by atoms with Crippen LogP contribution in [-0.2, 0) is 32.2 Å². The molecule has 1 aliphatic rings. The predicted octanol–water partition coefficient (Wildman–Crippen LogP) is 6.46. The van der Waals surface area contributed by atoms with E-state index in [4.69, 9.17) is 44.3 Å². The number of hydrogen-bond acceptors (Lipinski definition) is 6. The third kappa shape index (κ3) is 8.85. The zero-order valence-corrected chi connectivity index (χ0v) is 24.7. The summed E-state index contributed by atoms with van der Waals surface area (Å²) in [6, 6.07) is 22.9. The van der Waals surface area contributed by atoms with Crippen molar-refractivity contribution in [3.05, 3.63) is 95.1 Å². The van der Waals surface area contributed by atoms with Crippen LogP contribution in [0.5, 0.6) is 0 Å². The first-order chi connectivity index (χ1) is 19.1. The lowest BCUT2D eigenvalue weighted by Gasteiger charge is -2.36. The number of amides is 2. The Morgan fingerprint density at radius 1 is 0.925 bits per heavy atom. The van der Waals surface area contributed by atoms with E-state index in [9.17, 15) is 14.7 Å². The second-order valence-electron chi connectivity index (χ2n) is 9.29. The Morgan fingerprint density at radius 3 is 2.15 bits per heavy atom. The molecule has 2 amide bonds. The van der Waals surface area contributed by atoms with Crippen molar-refractivity contribution in [3.63, 3.8) is 0 Å². The molecule has 0 aromatic heterocycles. The molecule has 40 heavy (non-hydrogen) atoms. The predicted molar refractivity (Wildman–Crippen MR) is 158 cm³/mol. The first kappa shape index (κ1) is 30.7. The van der Waals surface area contributed by atoms with E-state index in [1.165, 1.54) is 6.92 Å². The van der Waals surface area contributed by atoms with Gasteiger partial charge in [0.25, 0.3) is 9.70 Å². The van der Waals surface area contributed by atoms with Gasteiger partial charge in [0.1, 0.15) is 0 Å². The van der Waals surface area contributed by atoms with Crippen LogP contribution in [0.1, 0.15) is 48.0 Å². The Bertz CT molecular complexity index is 1290. The third-order valence-electron chi connectivity index (χ3n) is 6.19. The average molecular weight is 624 g/mol. The van der Waals surface area contributed by atoms with Gasteiger partial charge in [-0.15, -0.1) is 11.8 Å². The van der Waals surface area contributed by atoms with E-state index < -0.39 is 16.0 Å².